The van der Waals surface area contributed by atoms with Crippen molar-refractivity contribution < 1.29 is 9.59 Å². The topological polar surface area (TPSA) is 58.2 Å². The van der Waals surface area contributed by atoms with Gasteiger partial charge in [-0.2, -0.15) is 0 Å². The van der Waals surface area contributed by atoms with Crippen molar-refractivity contribution in [2.24, 2.45) is 0 Å². The number of benzene rings is 2. The highest BCUT2D eigenvalue weighted by Gasteiger charge is 2.11. The van der Waals surface area contributed by atoms with Gasteiger partial charge in [0.2, 0.25) is 5.91 Å². The van der Waals surface area contributed by atoms with Crippen molar-refractivity contribution in [3.8, 4) is 0 Å². The Morgan fingerprint density at radius 3 is 2.05 bits per heavy atom. The van der Waals surface area contributed by atoms with Crippen LogP contribution in [-0.2, 0) is 4.79 Å². The molecule has 0 aliphatic heterocycles. The number of halogens is 2. The van der Waals surface area contributed by atoms with Crippen LogP contribution < -0.4 is 10.6 Å². The lowest BCUT2D eigenvalue weighted by Crippen LogP contribution is -2.14. The van der Waals surface area contributed by atoms with Gasteiger partial charge in [0.1, 0.15) is 0 Å². The fourth-order valence-electron chi connectivity index (χ4n) is 1.98. The van der Waals surface area contributed by atoms with E-state index in [9.17, 15) is 9.59 Å². The van der Waals surface area contributed by atoms with Crippen LogP contribution in [0.3, 0.4) is 0 Å². The van der Waals surface area contributed by atoms with E-state index in [1.807, 2.05) is 6.92 Å². The predicted molar refractivity (Wildman–Crippen MR) is 89.9 cm³/mol. The number of carbonyl (C=O) groups is 2. The molecule has 2 N–H and O–H groups in total. The Labute approximate surface area is 138 Å². The summed E-state index contributed by atoms with van der Waals surface area (Å²) in [5.74, 6) is -0.499. The maximum atomic E-state index is 12.3. The molecule has 2 aromatic rings. The molecule has 2 rings (SSSR count). The van der Waals surface area contributed by atoms with Crippen LogP contribution >= 0.6 is 23.2 Å². The molecule has 0 unspecified atom stereocenters. The Morgan fingerprint density at radius 1 is 0.955 bits per heavy atom. The fourth-order valence-corrected chi connectivity index (χ4v) is 2.50. The lowest BCUT2D eigenvalue weighted by atomic mass is 10.1. The zero-order chi connectivity index (χ0) is 16.3. The number of anilines is 2. The van der Waals surface area contributed by atoms with Crippen LogP contribution in [0.15, 0.2) is 36.4 Å². The smallest absolute Gasteiger partial charge is 0.255 e. The first-order chi connectivity index (χ1) is 10.4. The van der Waals surface area contributed by atoms with Crippen LogP contribution in [0.5, 0.6) is 0 Å². The summed E-state index contributed by atoms with van der Waals surface area (Å²) in [5.41, 5.74) is 2.38. The molecule has 0 fully saturated rings. The third-order valence-corrected chi connectivity index (χ3v) is 3.45. The van der Waals surface area contributed by atoms with E-state index in [-0.39, 0.29) is 11.8 Å². The molecule has 2 amide bonds. The number of rotatable bonds is 3. The molecular formula is C16H14Cl2N2O2. The van der Waals surface area contributed by atoms with E-state index >= 15 is 0 Å². The molecule has 0 aromatic heterocycles. The molecule has 0 spiro atoms. The molecule has 114 valence electrons. The molecule has 0 radical (unpaired) electrons. The molecular weight excluding hydrogens is 323 g/mol. The van der Waals surface area contributed by atoms with Gasteiger partial charge in [-0.05, 0) is 42.8 Å². The van der Waals surface area contributed by atoms with Crippen LogP contribution in [-0.4, -0.2) is 11.8 Å². The van der Waals surface area contributed by atoms with Gasteiger partial charge in [-0.3, -0.25) is 9.59 Å². The van der Waals surface area contributed by atoms with E-state index in [1.54, 1.807) is 24.3 Å². The average Bonchev–Trinajstić information content (AvgIpc) is 2.41. The van der Waals surface area contributed by atoms with Gasteiger partial charge < -0.3 is 10.6 Å². The molecule has 0 aliphatic rings. The minimum absolute atomic E-state index is 0.173. The predicted octanol–water partition coefficient (Wildman–Crippen LogP) is 4.51. The number of hydrogen-bond donors (Lipinski definition) is 2. The third kappa shape index (κ3) is 4.00. The van der Waals surface area contributed by atoms with Gasteiger partial charge in [-0.15, -0.1) is 0 Å². The van der Waals surface area contributed by atoms with E-state index in [1.165, 1.54) is 19.1 Å². The van der Waals surface area contributed by atoms with Gasteiger partial charge in [-0.1, -0.05) is 29.3 Å². The normalized spacial score (nSPS) is 10.2. The highest BCUT2D eigenvalue weighted by molar-refractivity contribution is 6.35. The Balaban J connectivity index is 2.26. The molecule has 0 heterocycles. The number of nitrogens with one attached hydrogen (secondary N) is 2. The maximum absolute atomic E-state index is 12.3. The summed E-state index contributed by atoms with van der Waals surface area (Å²) in [6, 6.07) is 9.90. The lowest BCUT2D eigenvalue weighted by Gasteiger charge is -2.13. The summed E-state index contributed by atoms with van der Waals surface area (Å²) in [6.45, 7) is 3.24. The second-order valence-corrected chi connectivity index (χ2v) is 5.64. The van der Waals surface area contributed by atoms with Crippen LogP contribution in [0.4, 0.5) is 11.4 Å². The van der Waals surface area contributed by atoms with Gasteiger partial charge in [0.15, 0.2) is 0 Å². The minimum atomic E-state index is -0.326. The molecule has 0 saturated heterocycles. The lowest BCUT2D eigenvalue weighted by molar-refractivity contribution is -0.114. The molecule has 0 atom stereocenters. The zero-order valence-corrected chi connectivity index (χ0v) is 13.5. The first kappa shape index (κ1) is 16.3. The quantitative estimate of drug-likeness (QED) is 0.866. The summed E-state index contributed by atoms with van der Waals surface area (Å²) < 4.78 is 0. The van der Waals surface area contributed by atoms with Gasteiger partial charge in [0, 0.05) is 33.9 Å². The number of carbonyl (C=O) groups excluding carboxylic acids is 2. The molecule has 0 bridgehead atoms. The van der Waals surface area contributed by atoms with Crippen LogP contribution in [0.25, 0.3) is 0 Å². The first-order valence-electron chi connectivity index (χ1n) is 6.51. The summed E-state index contributed by atoms with van der Waals surface area (Å²) in [7, 11) is 0. The van der Waals surface area contributed by atoms with Crippen molar-refractivity contribution in [1.29, 1.82) is 0 Å². The van der Waals surface area contributed by atoms with Crippen molar-refractivity contribution in [2.45, 2.75) is 13.8 Å². The number of hydrogen-bond acceptors (Lipinski definition) is 2. The van der Waals surface area contributed by atoms with E-state index in [4.69, 9.17) is 23.2 Å². The maximum Gasteiger partial charge on any atom is 0.255 e. The van der Waals surface area contributed by atoms with E-state index in [2.05, 4.69) is 10.6 Å². The van der Waals surface area contributed by atoms with Crippen molar-refractivity contribution in [2.75, 3.05) is 10.6 Å². The van der Waals surface area contributed by atoms with Crippen LogP contribution in [0, 0.1) is 6.92 Å². The average molecular weight is 337 g/mol. The van der Waals surface area contributed by atoms with Crippen LogP contribution in [0.1, 0.15) is 22.8 Å². The van der Waals surface area contributed by atoms with Crippen molar-refractivity contribution >= 4 is 46.4 Å². The zero-order valence-electron chi connectivity index (χ0n) is 12.0. The summed E-state index contributed by atoms with van der Waals surface area (Å²) >= 11 is 11.8. The van der Waals surface area contributed by atoms with Crippen LogP contribution in [0.2, 0.25) is 10.0 Å². The highest BCUT2D eigenvalue weighted by Crippen LogP contribution is 2.25. The van der Waals surface area contributed by atoms with E-state index < -0.39 is 0 Å². The largest absolute Gasteiger partial charge is 0.326 e. The standard InChI is InChI=1S/C16H14Cl2N2O2/c1-9-14(19-10(2)21)4-3-5-15(9)20-16(22)11-6-12(17)8-13(18)7-11/h3-8H,1-2H3,(H,19,21)(H,20,22). The second-order valence-electron chi connectivity index (χ2n) is 4.77. The molecule has 6 heteroatoms. The summed E-state index contributed by atoms with van der Waals surface area (Å²) in [4.78, 5) is 23.5. The van der Waals surface area contributed by atoms with Gasteiger partial charge in [0.05, 0.1) is 0 Å². The molecule has 4 nitrogen and oxygen atoms in total. The van der Waals surface area contributed by atoms with Gasteiger partial charge >= 0.3 is 0 Å². The molecule has 0 aliphatic carbocycles. The summed E-state index contributed by atoms with van der Waals surface area (Å²) in [5, 5.41) is 6.28. The molecule has 0 saturated carbocycles. The Hall–Kier alpha value is -2.04. The third-order valence-electron chi connectivity index (χ3n) is 3.02. The monoisotopic (exact) mass is 336 g/mol. The Morgan fingerprint density at radius 2 is 1.50 bits per heavy atom. The van der Waals surface area contributed by atoms with Crippen molar-refractivity contribution in [3.63, 3.8) is 0 Å². The second kappa shape index (κ2) is 6.81. The minimum Gasteiger partial charge on any atom is -0.326 e. The Bertz CT molecular complexity index is 725. The first-order valence-corrected chi connectivity index (χ1v) is 7.27. The molecule has 2 aromatic carbocycles. The van der Waals surface area contributed by atoms with E-state index in [0.717, 1.165) is 5.56 Å². The van der Waals surface area contributed by atoms with E-state index in [0.29, 0.717) is 27.0 Å². The Kier molecular flexibility index (Phi) is 5.06. The van der Waals surface area contributed by atoms with Gasteiger partial charge in [0.25, 0.3) is 5.91 Å². The fraction of sp³-hybridized carbons (Fsp3) is 0.125. The number of amides is 2. The van der Waals surface area contributed by atoms with Gasteiger partial charge in [-0.25, -0.2) is 0 Å². The SMILES string of the molecule is CC(=O)Nc1cccc(NC(=O)c2cc(Cl)cc(Cl)c2)c1C. The van der Waals surface area contributed by atoms with Crippen molar-refractivity contribution in [1.82, 2.24) is 0 Å². The highest BCUT2D eigenvalue weighted by atomic mass is 35.5. The van der Waals surface area contributed by atoms with Crippen molar-refractivity contribution in [3.05, 3.63) is 57.6 Å². The molecule has 22 heavy (non-hydrogen) atoms. The summed E-state index contributed by atoms with van der Waals surface area (Å²) in [6.07, 6.45) is 0.